The summed E-state index contributed by atoms with van der Waals surface area (Å²) in [6.07, 6.45) is 0. The number of nitrogens with two attached hydrogens (primary N) is 3. The molecular weight excluding hydrogens is 428 g/mol. The Morgan fingerprint density at radius 2 is 1.48 bits per heavy atom. The van der Waals surface area contributed by atoms with Crippen LogP contribution in [0.2, 0.25) is 0 Å². The molecule has 1 heterocycles. The summed E-state index contributed by atoms with van der Waals surface area (Å²) in [5.74, 6) is -2.39. The Bertz CT molecular complexity index is 1230. The van der Waals surface area contributed by atoms with Crippen LogP contribution in [-0.2, 0) is 0 Å². The van der Waals surface area contributed by atoms with Crippen molar-refractivity contribution in [3.8, 4) is 0 Å². The van der Waals surface area contributed by atoms with Crippen molar-refractivity contribution in [2.45, 2.75) is 13.0 Å². The molecule has 1 aliphatic heterocycles. The van der Waals surface area contributed by atoms with Gasteiger partial charge in [-0.15, -0.1) is 0 Å². The lowest BCUT2D eigenvalue weighted by molar-refractivity contribution is 0.0967. The lowest BCUT2D eigenvalue weighted by Crippen LogP contribution is -2.49. The molecule has 0 aromatic heterocycles. The van der Waals surface area contributed by atoms with Gasteiger partial charge < -0.3 is 27.0 Å². The second-order valence-corrected chi connectivity index (χ2v) is 7.84. The van der Waals surface area contributed by atoms with Gasteiger partial charge >= 0.3 is 0 Å². The molecule has 9 heteroatoms. The summed E-state index contributed by atoms with van der Waals surface area (Å²) in [7, 11) is 0. The third-order valence-electron chi connectivity index (χ3n) is 5.84. The third kappa shape index (κ3) is 3.87. The number of anilines is 4. The maximum absolute atomic E-state index is 13.6. The summed E-state index contributed by atoms with van der Waals surface area (Å²) in [5, 5.41) is 0. The Hall–Kier alpha value is -3.98. The lowest BCUT2D eigenvalue weighted by Gasteiger charge is -2.45. The fourth-order valence-electron chi connectivity index (χ4n) is 4.39. The van der Waals surface area contributed by atoms with Crippen LogP contribution < -0.4 is 27.0 Å². The van der Waals surface area contributed by atoms with Crippen LogP contribution in [-0.4, -0.2) is 30.9 Å². The van der Waals surface area contributed by atoms with Gasteiger partial charge in [0.2, 0.25) is 11.8 Å². The van der Waals surface area contributed by atoms with Gasteiger partial charge in [-0.1, -0.05) is 0 Å². The highest BCUT2D eigenvalue weighted by Crippen LogP contribution is 2.47. The van der Waals surface area contributed by atoms with E-state index < -0.39 is 23.4 Å². The second-order valence-electron chi connectivity index (χ2n) is 7.84. The zero-order valence-corrected chi connectivity index (χ0v) is 17.9. The monoisotopic (exact) mass is 451 g/mol. The van der Waals surface area contributed by atoms with Gasteiger partial charge in [0.1, 0.15) is 11.6 Å². The van der Waals surface area contributed by atoms with Crippen molar-refractivity contribution >= 4 is 34.6 Å². The molecule has 0 spiro atoms. The number of hydrogen-bond donors (Lipinski definition) is 3. The van der Waals surface area contributed by atoms with Gasteiger partial charge in [0.25, 0.3) is 0 Å². The maximum atomic E-state index is 13.6. The molecule has 3 aromatic carbocycles. The molecule has 0 saturated carbocycles. The van der Waals surface area contributed by atoms with Crippen molar-refractivity contribution in [2.75, 3.05) is 22.9 Å². The number of hydrogen-bond acceptors (Lipinski definition) is 5. The highest BCUT2D eigenvalue weighted by atomic mass is 19.1. The number of halogens is 2. The van der Waals surface area contributed by atoms with E-state index in [9.17, 15) is 18.4 Å². The molecule has 0 radical (unpaired) electrons. The fourth-order valence-corrected chi connectivity index (χ4v) is 4.39. The summed E-state index contributed by atoms with van der Waals surface area (Å²) in [5.41, 5.74) is 20.2. The minimum atomic E-state index is -0.808. The Morgan fingerprint density at radius 3 is 1.97 bits per heavy atom. The van der Waals surface area contributed by atoms with Crippen LogP contribution in [0, 0.1) is 18.6 Å². The van der Waals surface area contributed by atoms with E-state index in [0.717, 1.165) is 0 Å². The number of primary amides is 2. The van der Waals surface area contributed by atoms with E-state index in [2.05, 4.69) is 0 Å². The van der Waals surface area contributed by atoms with Crippen molar-refractivity contribution < 1.29 is 18.4 Å². The first-order valence-electron chi connectivity index (χ1n) is 10.3. The Labute approximate surface area is 189 Å². The number of amides is 2. The average Bonchev–Trinajstić information content (AvgIpc) is 2.78. The van der Waals surface area contributed by atoms with Gasteiger partial charge in [-0.05, 0) is 67.1 Å². The second kappa shape index (κ2) is 8.51. The van der Waals surface area contributed by atoms with Crippen molar-refractivity contribution in [3.63, 3.8) is 0 Å². The normalized spacial score (nSPS) is 15.3. The number of carbonyl (C=O) groups excluding carboxylic acids is 2. The molecular formula is C24H23F2N5O2. The highest BCUT2D eigenvalue weighted by molar-refractivity contribution is 6.10. The minimum absolute atomic E-state index is 0.0126. The third-order valence-corrected chi connectivity index (χ3v) is 5.84. The van der Waals surface area contributed by atoms with Crippen LogP contribution in [0.5, 0.6) is 0 Å². The van der Waals surface area contributed by atoms with Gasteiger partial charge in [-0.3, -0.25) is 9.59 Å². The minimum Gasteiger partial charge on any atom is -0.366 e. The average molecular weight is 451 g/mol. The topological polar surface area (TPSA) is 119 Å². The highest BCUT2D eigenvalue weighted by Gasteiger charge is 2.36. The molecule has 0 saturated heterocycles. The fraction of sp³-hybridized carbons (Fsp3) is 0.167. The van der Waals surface area contributed by atoms with E-state index >= 15 is 0 Å². The van der Waals surface area contributed by atoms with Gasteiger partial charge in [0.05, 0.1) is 28.5 Å². The molecule has 4 rings (SSSR count). The van der Waals surface area contributed by atoms with Crippen molar-refractivity contribution in [3.05, 3.63) is 82.9 Å². The molecule has 0 bridgehead atoms. The molecule has 1 aliphatic rings. The molecule has 2 amide bonds. The van der Waals surface area contributed by atoms with Gasteiger partial charge in [-0.2, -0.15) is 0 Å². The smallest absolute Gasteiger partial charge is 0.249 e. The quantitative estimate of drug-likeness (QED) is 0.551. The molecule has 3 aromatic rings. The van der Waals surface area contributed by atoms with Crippen LogP contribution in [0.1, 0.15) is 26.3 Å². The Morgan fingerprint density at radius 1 is 0.939 bits per heavy atom. The van der Waals surface area contributed by atoms with Gasteiger partial charge in [0, 0.05) is 24.5 Å². The summed E-state index contributed by atoms with van der Waals surface area (Å²) in [6.45, 7) is 2.27. The summed E-state index contributed by atoms with van der Waals surface area (Å²) in [4.78, 5) is 28.3. The predicted octanol–water partition coefficient (Wildman–Crippen LogP) is 3.09. The summed E-state index contributed by atoms with van der Waals surface area (Å²) >= 11 is 0. The molecule has 7 nitrogen and oxygen atoms in total. The van der Waals surface area contributed by atoms with Crippen LogP contribution in [0.4, 0.5) is 31.5 Å². The Kier molecular flexibility index (Phi) is 5.73. The van der Waals surface area contributed by atoms with E-state index in [-0.39, 0.29) is 23.7 Å². The maximum Gasteiger partial charge on any atom is 0.249 e. The molecule has 0 fully saturated rings. The van der Waals surface area contributed by atoms with Crippen LogP contribution in [0.3, 0.4) is 0 Å². The van der Waals surface area contributed by atoms with E-state index in [1.165, 1.54) is 30.3 Å². The first-order chi connectivity index (χ1) is 15.7. The molecule has 0 aliphatic carbocycles. The number of benzene rings is 3. The van der Waals surface area contributed by atoms with Crippen LogP contribution in [0.15, 0.2) is 54.6 Å². The van der Waals surface area contributed by atoms with Crippen LogP contribution >= 0.6 is 0 Å². The lowest BCUT2D eigenvalue weighted by atomic mass is 9.92. The van der Waals surface area contributed by atoms with Crippen molar-refractivity contribution in [2.24, 2.45) is 17.2 Å². The van der Waals surface area contributed by atoms with E-state index in [1.54, 1.807) is 31.2 Å². The number of carbonyl (C=O) groups is 2. The predicted molar refractivity (Wildman–Crippen MR) is 123 cm³/mol. The Balaban J connectivity index is 2.05. The van der Waals surface area contributed by atoms with Crippen molar-refractivity contribution in [1.29, 1.82) is 0 Å². The summed E-state index contributed by atoms with van der Waals surface area (Å²) in [6, 6.07) is 13.0. The summed E-state index contributed by atoms with van der Waals surface area (Å²) < 4.78 is 27.2. The van der Waals surface area contributed by atoms with Crippen LogP contribution in [0.25, 0.3) is 0 Å². The van der Waals surface area contributed by atoms with E-state index in [4.69, 9.17) is 17.2 Å². The largest absolute Gasteiger partial charge is 0.366 e. The molecule has 6 N–H and O–H groups in total. The van der Waals surface area contributed by atoms with E-state index in [0.29, 0.717) is 34.9 Å². The number of nitrogens with zero attached hydrogens (tertiary/aromatic N) is 2. The van der Waals surface area contributed by atoms with Gasteiger partial charge in [-0.25, -0.2) is 8.78 Å². The molecule has 1 atom stereocenters. The standard InChI is InChI=1S/C24H23F2N5O2/c1-13-21(24(29)33)19(23(28)32)10-20-22(13)30(16-6-2-14(25)3-7-16)12-18(11-27)31(20)17-8-4-15(26)5-9-17/h2-10,18H,11-12,27H2,1H3,(H2,28,32)(H2,29,33). The molecule has 1 unspecified atom stereocenters. The van der Waals surface area contributed by atoms with E-state index in [1.807, 2.05) is 9.80 Å². The zero-order valence-electron chi connectivity index (χ0n) is 17.9. The number of rotatable bonds is 5. The first-order valence-corrected chi connectivity index (χ1v) is 10.3. The SMILES string of the molecule is Cc1c(C(N)=O)c(C(N)=O)cc2c1N(c1ccc(F)cc1)CC(CN)N2c1ccc(F)cc1. The van der Waals surface area contributed by atoms with Gasteiger partial charge in [0.15, 0.2) is 0 Å². The number of fused-ring (bicyclic) bond motifs is 1. The molecule has 170 valence electrons. The molecule has 33 heavy (non-hydrogen) atoms. The first kappa shape index (κ1) is 22.2. The zero-order chi connectivity index (χ0) is 23.9. The van der Waals surface area contributed by atoms with Crippen molar-refractivity contribution in [1.82, 2.24) is 0 Å².